The molecule has 2 N–H and O–H groups in total. The number of hydrogen-bond acceptors (Lipinski definition) is 5. The quantitative estimate of drug-likeness (QED) is 0.741. The van der Waals surface area contributed by atoms with E-state index >= 15 is 0 Å². The highest BCUT2D eigenvalue weighted by Crippen LogP contribution is 2.41. The van der Waals surface area contributed by atoms with Crippen molar-refractivity contribution in [3.8, 4) is 0 Å². The van der Waals surface area contributed by atoms with Crippen LogP contribution >= 0.6 is 11.6 Å². The Bertz CT molecular complexity index is 1020. The maximum absolute atomic E-state index is 13.0. The normalized spacial score (nSPS) is 18.4. The van der Waals surface area contributed by atoms with Crippen LogP contribution < -0.4 is 20.4 Å². The van der Waals surface area contributed by atoms with Crippen molar-refractivity contribution in [2.45, 2.75) is 31.6 Å². The fourth-order valence-electron chi connectivity index (χ4n) is 3.60. The zero-order valence-electron chi connectivity index (χ0n) is 16.3. The lowest BCUT2D eigenvalue weighted by Crippen LogP contribution is -2.49. The Hall–Kier alpha value is -3.08. The second-order valence-electron chi connectivity index (χ2n) is 7.30. The van der Waals surface area contributed by atoms with Gasteiger partial charge in [0.1, 0.15) is 17.6 Å². The van der Waals surface area contributed by atoms with Crippen molar-refractivity contribution in [2.24, 2.45) is 0 Å². The van der Waals surface area contributed by atoms with Gasteiger partial charge in [-0.15, -0.1) is 0 Å². The second kappa shape index (κ2) is 7.88. The zero-order valence-corrected chi connectivity index (χ0v) is 17.0. The van der Waals surface area contributed by atoms with Crippen molar-refractivity contribution in [1.29, 1.82) is 0 Å². The SMILES string of the molecule is C[C@@H](NC(=O)c1nc2c(cc1Cl)N1CC[C@@H](C1)N2C(=O)Nc1ccccn1)C(F)(F)F. The summed E-state index contributed by atoms with van der Waals surface area (Å²) in [5.74, 6) is -0.576. The second-order valence-corrected chi connectivity index (χ2v) is 7.71. The van der Waals surface area contributed by atoms with E-state index in [2.05, 4.69) is 15.3 Å². The van der Waals surface area contributed by atoms with Crippen LogP contribution in [0.2, 0.25) is 5.02 Å². The van der Waals surface area contributed by atoms with E-state index in [9.17, 15) is 22.8 Å². The van der Waals surface area contributed by atoms with Crippen LogP contribution in [0.4, 0.5) is 35.3 Å². The molecule has 4 heterocycles. The summed E-state index contributed by atoms with van der Waals surface area (Å²) >= 11 is 6.19. The van der Waals surface area contributed by atoms with Gasteiger partial charge in [-0.25, -0.2) is 14.8 Å². The number of alkyl halides is 3. The van der Waals surface area contributed by atoms with Crippen molar-refractivity contribution >= 4 is 40.9 Å². The van der Waals surface area contributed by atoms with E-state index < -0.39 is 24.2 Å². The molecule has 164 valence electrons. The number of nitrogens with one attached hydrogen (secondary N) is 2. The largest absolute Gasteiger partial charge is 0.408 e. The maximum Gasteiger partial charge on any atom is 0.408 e. The molecule has 0 spiro atoms. The van der Waals surface area contributed by atoms with Gasteiger partial charge in [0, 0.05) is 19.3 Å². The number of pyridine rings is 2. The number of urea groups is 1. The Morgan fingerprint density at radius 1 is 1.32 bits per heavy atom. The Morgan fingerprint density at radius 3 is 2.77 bits per heavy atom. The van der Waals surface area contributed by atoms with Crippen molar-refractivity contribution in [3.63, 3.8) is 0 Å². The van der Waals surface area contributed by atoms with Crippen molar-refractivity contribution in [2.75, 3.05) is 28.2 Å². The van der Waals surface area contributed by atoms with Crippen LogP contribution in [0.25, 0.3) is 0 Å². The standard InChI is InChI=1S/C19H18ClF3N6O2/c1-10(19(21,22)23)25-17(30)15-12(20)8-13-16(27-15)29(11-5-7-28(13)9-11)18(31)26-14-4-2-3-6-24-14/h2-4,6,8,10-11H,5,7,9H2,1H3,(H,25,30)(H,24,26,31)/t10-,11+/m1/s1. The van der Waals surface area contributed by atoms with E-state index in [0.717, 1.165) is 6.92 Å². The smallest absolute Gasteiger partial charge is 0.366 e. The number of carbonyl (C=O) groups excluding carboxylic acids is 2. The fourth-order valence-corrected chi connectivity index (χ4v) is 3.83. The van der Waals surface area contributed by atoms with Gasteiger partial charge in [0.15, 0.2) is 5.82 Å². The molecular weight excluding hydrogens is 437 g/mol. The molecule has 31 heavy (non-hydrogen) atoms. The summed E-state index contributed by atoms with van der Waals surface area (Å²) in [6, 6.07) is 3.70. The van der Waals surface area contributed by atoms with Gasteiger partial charge in [0.2, 0.25) is 0 Å². The first-order chi connectivity index (χ1) is 14.6. The van der Waals surface area contributed by atoms with Crippen LogP contribution in [0, 0.1) is 0 Å². The molecule has 1 fully saturated rings. The van der Waals surface area contributed by atoms with Gasteiger partial charge in [-0.3, -0.25) is 15.0 Å². The molecule has 0 aromatic carbocycles. The van der Waals surface area contributed by atoms with Crippen LogP contribution in [0.5, 0.6) is 0 Å². The van der Waals surface area contributed by atoms with E-state index in [1.165, 1.54) is 17.2 Å². The highest BCUT2D eigenvalue weighted by molar-refractivity contribution is 6.34. The van der Waals surface area contributed by atoms with Crippen molar-refractivity contribution in [3.05, 3.63) is 41.2 Å². The Labute approximate surface area is 180 Å². The number of rotatable bonds is 3. The lowest BCUT2D eigenvalue weighted by Gasteiger charge is -2.36. The van der Waals surface area contributed by atoms with E-state index in [1.54, 1.807) is 18.2 Å². The molecule has 2 bridgehead atoms. The summed E-state index contributed by atoms with van der Waals surface area (Å²) < 4.78 is 38.5. The van der Waals surface area contributed by atoms with Gasteiger partial charge < -0.3 is 10.2 Å². The molecule has 4 rings (SSSR count). The van der Waals surface area contributed by atoms with Crippen LogP contribution in [-0.4, -0.2) is 53.3 Å². The lowest BCUT2D eigenvalue weighted by atomic mass is 10.1. The molecule has 2 aliphatic heterocycles. The molecule has 0 saturated carbocycles. The molecule has 2 aromatic rings. The monoisotopic (exact) mass is 454 g/mol. The minimum Gasteiger partial charge on any atom is -0.366 e. The molecule has 0 unspecified atom stereocenters. The van der Waals surface area contributed by atoms with Crippen LogP contribution in [-0.2, 0) is 0 Å². The molecule has 8 nitrogen and oxygen atoms in total. The molecule has 2 aliphatic rings. The van der Waals surface area contributed by atoms with Crippen LogP contribution in [0.3, 0.4) is 0 Å². The van der Waals surface area contributed by atoms with Crippen LogP contribution in [0.1, 0.15) is 23.8 Å². The molecule has 0 aliphatic carbocycles. The molecule has 1 saturated heterocycles. The number of anilines is 3. The number of nitrogens with zero attached hydrogens (tertiary/aromatic N) is 4. The Kier molecular flexibility index (Phi) is 5.38. The van der Waals surface area contributed by atoms with Gasteiger partial charge in [-0.05, 0) is 31.5 Å². The predicted molar refractivity (Wildman–Crippen MR) is 109 cm³/mol. The summed E-state index contributed by atoms with van der Waals surface area (Å²) in [6.45, 7) is 2.03. The number of hydrogen-bond donors (Lipinski definition) is 2. The molecule has 3 amide bonds. The first-order valence-electron chi connectivity index (χ1n) is 9.49. The molecule has 2 aromatic heterocycles. The van der Waals surface area contributed by atoms with Crippen molar-refractivity contribution < 1.29 is 22.8 Å². The minimum absolute atomic E-state index is 0.0962. The van der Waals surface area contributed by atoms with Gasteiger partial charge in [0.05, 0.1) is 16.8 Å². The Balaban J connectivity index is 1.68. The van der Waals surface area contributed by atoms with E-state index in [4.69, 9.17) is 11.6 Å². The number of aromatic nitrogens is 2. The molecular formula is C19H18ClF3N6O2. The van der Waals surface area contributed by atoms with Gasteiger partial charge in [-0.1, -0.05) is 17.7 Å². The summed E-state index contributed by atoms with van der Waals surface area (Å²) in [7, 11) is 0. The molecule has 2 atom stereocenters. The average molecular weight is 455 g/mol. The molecule has 12 heteroatoms. The van der Waals surface area contributed by atoms with Gasteiger partial charge >= 0.3 is 12.2 Å². The third-order valence-corrected chi connectivity index (χ3v) is 5.49. The number of fused-ring (bicyclic) bond motifs is 4. The Morgan fingerprint density at radius 2 is 2.10 bits per heavy atom. The summed E-state index contributed by atoms with van der Waals surface area (Å²) in [5, 5.41) is 4.44. The topological polar surface area (TPSA) is 90.5 Å². The average Bonchev–Trinajstić information content (AvgIpc) is 3.13. The van der Waals surface area contributed by atoms with E-state index in [0.29, 0.717) is 31.0 Å². The van der Waals surface area contributed by atoms with Gasteiger partial charge in [-0.2, -0.15) is 13.2 Å². The third-order valence-electron chi connectivity index (χ3n) is 5.21. The van der Waals surface area contributed by atoms with E-state index in [-0.39, 0.29) is 22.6 Å². The molecule has 0 radical (unpaired) electrons. The van der Waals surface area contributed by atoms with Crippen LogP contribution in [0.15, 0.2) is 30.5 Å². The minimum atomic E-state index is -4.62. The number of amides is 3. The van der Waals surface area contributed by atoms with E-state index in [1.807, 2.05) is 10.2 Å². The fraction of sp³-hybridized carbons (Fsp3) is 0.368. The van der Waals surface area contributed by atoms with Gasteiger partial charge in [0.25, 0.3) is 5.91 Å². The summed E-state index contributed by atoms with van der Waals surface area (Å²) in [5.41, 5.74) is 0.157. The predicted octanol–water partition coefficient (Wildman–Crippen LogP) is 3.44. The third kappa shape index (κ3) is 4.09. The summed E-state index contributed by atoms with van der Waals surface area (Å²) in [6.07, 6.45) is -2.43. The van der Waals surface area contributed by atoms with Crippen molar-refractivity contribution in [1.82, 2.24) is 15.3 Å². The highest BCUT2D eigenvalue weighted by atomic mass is 35.5. The maximum atomic E-state index is 13.0. The lowest BCUT2D eigenvalue weighted by molar-refractivity contribution is -0.149. The number of halogens is 4. The highest BCUT2D eigenvalue weighted by Gasteiger charge is 2.42. The number of carbonyl (C=O) groups is 2. The first-order valence-corrected chi connectivity index (χ1v) is 9.87. The first kappa shape index (κ1) is 21.2. The summed E-state index contributed by atoms with van der Waals surface area (Å²) in [4.78, 5) is 37.2. The zero-order chi connectivity index (χ0) is 22.3.